The zero-order valence-corrected chi connectivity index (χ0v) is 12.6. The van der Waals surface area contributed by atoms with Gasteiger partial charge in [0.15, 0.2) is 0 Å². The van der Waals surface area contributed by atoms with Crippen LogP contribution in [0.5, 0.6) is 5.75 Å². The van der Waals surface area contributed by atoms with E-state index in [1.807, 2.05) is 31.2 Å². The van der Waals surface area contributed by atoms with Gasteiger partial charge in [-0.3, -0.25) is 10.1 Å². The average molecular weight is 310 g/mol. The van der Waals surface area contributed by atoms with Crippen LogP contribution in [0, 0.1) is 6.92 Å². The highest BCUT2D eigenvalue weighted by Gasteiger charge is 2.14. The molecule has 2 heterocycles. The lowest BCUT2D eigenvalue weighted by Gasteiger charge is -2.08. The number of hydrogen-bond donors (Lipinski definition) is 2. The number of H-pyrrole nitrogens is 1. The topological polar surface area (TPSA) is 106 Å². The number of rotatable bonds is 4. The van der Waals surface area contributed by atoms with Crippen molar-refractivity contribution < 1.29 is 9.53 Å². The molecule has 2 aromatic heterocycles. The van der Waals surface area contributed by atoms with E-state index in [0.717, 1.165) is 11.1 Å². The number of amides is 1. The Morgan fingerprint density at radius 1 is 1.22 bits per heavy atom. The molecule has 0 bridgehead atoms. The molecule has 0 aliphatic carbocycles. The first-order chi connectivity index (χ1) is 11.2. The molecule has 2 N–H and O–H groups in total. The molecule has 1 aromatic carbocycles. The number of nitrogens with one attached hydrogen (secondary N) is 2. The van der Waals surface area contributed by atoms with Crippen molar-refractivity contribution in [1.29, 1.82) is 0 Å². The molecule has 0 unspecified atom stereocenters. The molecule has 0 aliphatic rings. The molecule has 116 valence electrons. The molecule has 0 aliphatic heterocycles. The fourth-order valence-electron chi connectivity index (χ4n) is 1.99. The molecule has 0 saturated carbocycles. The van der Waals surface area contributed by atoms with Crippen molar-refractivity contribution in [2.24, 2.45) is 0 Å². The number of carbonyl (C=O) groups is 1. The maximum Gasteiger partial charge on any atom is 0.276 e. The lowest BCUT2D eigenvalue weighted by molar-refractivity contribution is 0.102. The van der Waals surface area contributed by atoms with E-state index in [1.165, 1.54) is 7.11 Å². The van der Waals surface area contributed by atoms with Crippen molar-refractivity contribution in [3.63, 3.8) is 0 Å². The summed E-state index contributed by atoms with van der Waals surface area (Å²) in [7, 11) is 1.54. The molecule has 3 rings (SSSR count). The third-order valence-electron chi connectivity index (χ3n) is 3.19. The van der Waals surface area contributed by atoms with Gasteiger partial charge in [-0.1, -0.05) is 34.9 Å². The lowest BCUT2D eigenvalue weighted by Crippen LogP contribution is -2.15. The van der Waals surface area contributed by atoms with Crippen LogP contribution in [0.3, 0.4) is 0 Å². The van der Waals surface area contributed by atoms with E-state index in [9.17, 15) is 4.79 Å². The number of aromatic nitrogens is 5. The van der Waals surface area contributed by atoms with Crippen LogP contribution in [0.25, 0.3) is 11.3 Å². The van der Waals surface area contributed by atoms with E-state index in [4.69, 9.17) is 4.74 Å². The highest BCUT2D eigenvalue weighted by molar-refractivity contribution is 6.02. The van der Waals surface area contributed by atoms with Gasteiger partial charge in [-0.05, 0) is 12.1 Å². The second-order valence-electron chi connectivity index (χ2n) is 4.83. The first-order valence-corrected chi connectivity index (χ1v) is 6.83. The van der Waals surface area contributed by atoms with Crippen LogP contribution >= 0.6 is 0 Å². The molecular weight excluding hydrogens is 296 g/mol. The average Bonchev–Trinajstić information content (AvgIpc) is 3.08. The van der Waals surface area contributed by atoms with E-state index >= 15 is 0 Å². The summed E-state index contributed by atoms with van der Waals surface area (Å²) < 4.78 is 5.26. The van der Waals surface area contributed by atoms with Gasteiger partial charge in [0.2, 0.25) is 0 Å². The van der Waals surface area contributed by atoms with E-state index in [2.05, 4.69) is 30.9 Å². The van der Waals surface area contributed by atoms with Gasteiger partial charge in [-0.25, -0.2) is 4.98 Å². The lowest BCUT2D eigenvalue weighted by atomic mass is 10.1. The summed E-state index contributed by atoms with van der Waals surface area (Å²) in [5.41, 5.74) is 2.88. The summed E-state index contributed by atoms with van der Waals surface area (Å²) in [6.45, 7) is 2.01. The Kier molecular flexibility index (Phi) is 3.96. The first kappa shape index (κ1) is 14.6. The Bertz CT molecular complexity index is 814. The summed E-state index contributed by atoms with van der Waals surface area (Å²) in [6, 6.07) is 11.2. The Morgan fingerprint density at radius 2 is 2.00 bits per heavy atom. The van der Waals surface area contributed by atoms with E-state index in [1.54, 1.807) is 12.1 Å². The van der Waals surface area contributed by atoms with Crippen molar-refractivity contribution in [2.75, 3.05) is 12.4 Å². The van der Waals surface area contributed by atoms with Gasteiger partial charge in [-0.15, -0.1) is 5.10 Å². The Hall–Kier alpha value is -3.29. The van der Waals surface area contributed by atoms with Crippen molar-refractivity contribution in [2.45, 2.75) is 6.92 Å². The number of benzene rings is 1. The number of pyridine rings is 1. The molecule has 0 spiro atoms. The van der Waals surface area contributed by atoms with Crippen molar-refractivity contribution in [3.05, 3.63) is 47.7 Å². The van der Waals surface area contributed by atoms with Gasteiger partial charge in [0.1, 0.15) is 11.4 Å². The fraction of sp³-hybridized carbons (Fsp3) is 0.133. The molecule has 23 heavy (non-hydrogen) atoms. The van der Waals surface area contributed by atoms with Crippen LogP contribution in [-0.4, -0.2) is 38.6 Å². The van der Waals surface area contributed by atoms with Crippen LogP contribution in [0.2, 0.25) is 0 Å². The molecule has 0 radical (unpaired) electrons. The molecule has 0 fully saturated rings. The van der Waals surface area contributed by atoms with Gasteiger partial charge >= 0.3 is 0 Å². The number of aromatic amines is 1. The number of hydrogen-bond acceptors (Lipinski definition) is 6. The Morgan fingerprint density at radius 3 is 2.65 bits per heavy atom. The summed E-state index contributed by atoms with van der Waals surface area (Å²) >= 11 is 0. The Labute approximate surface area is 131 Å². The summed E-state index contributed by atoms with van der Waals surface area (Å²) in [5.74, 6) is 0.170. The molecule has 8 heteroatoms. The fourth-order valence-corrected chi connectivity index (χ4v) is 1.99. The minimum absolute atomic E-state index is 0.0801. The highest BCUT2D eigenvalue weighted by atomic mass is 16.5. The zero-order chi connectivity index (χ0) is 16.2. The monoisotopic (exact) mass is 310 g/mol. The molecule has 3 aromatic rings. The zero-order valence-electron chi connectivity index (χ0n) is 12.6. The largest absolute Gasteiger partial charge is 0.497 e. The van der Waals surface area contributed by atoms with Crippen molar-refractivity contribution in [1.82, 2.24) is 25.6 Å². The predicted octanol–water partition coefficient (Wildman–Crippen LogP) is 1.83. The number of aryl methyl sites for hydroxylation is 1. The SMILES string of the molecule is COc1cc(C(=O)Nc2nn[nH]n2)nc(-c2ccc(C)cc2)c1. The number of tetrazole rings is 1. The first-order valence-electron chi connectivity index (χ1n) is 6.83. The summed E-state index contributed by atoms with van der Waals surface area (Å²) in [4.78, 5) is 16.7. The number of nitrogens with zero attached hydrogens (tertiary/aromatic N) is 4. The number of anilines is 1. The quantitative estimate of drug-likeness (QED) is 0.761. The van der Waals surface area contributed by atoms with E-state index in [0.29, 0.717) is 11.4 Å². The minimum Gasteiger partial charge on any atom is -0.497 e. The number of carbonyl (C=O) groups excluding carboxylic acids is 1. The van der Waals surface area contributed by atoms with Crippen LogP contribution in [-0.2, 0) is 0 Å². The maximum atomic E-state index is 12.3. The van der Waals surface area contributed by atoms with Gasteiger partial charge in [0.05, 0.1) is 12.8 Å². The predicted molar refractivity (Wildman–Crippen MR) is 83.1 cm³/mol. The van der Waals surface area contributed by atoms with Crippen molar-refractivity contribution in [3.8, 4) is 17.0 Å². The van der Waals surface area contributed by atoms with Crippen LogP contribution in [0.15, 0.2) is 36.4 Å². The highest BCUT2D eigenvalue weighted by Crippen LogP contribution is 2.23. The summed E-state index contributed by atoms with van der Waals surface area (Å²) in [5, 5.41) is 15.5. The van der Waals surface area contributed by atoms with Gasteiger partial charge < -0.3 is 4.74 Å². The third kappa shape index (κ3) is 3.31. The second-order valence-corrected chi connectivity index (χ2v) is 4.83. The standard InChI is InChI=1S/C15H14N6O2/c1-9-3-5-10(6-4-9)12-7-11(23-2)8-13(16-12)14(22)17-15-18-20-21-19-15/h3-8H,1-2H3,(H2,17,18,19,20,21,22). The maximum absolute atomic E-state index is 12.3. The molecular formula is C15H14N6O2. The van der Waals surface area contributed by atoms with Crippen LogP contribution in [0.1, 0.15) is 16.1 Å². The van der Waals surface area contributed by atoms with Gasteiger partial charge in [0.25, 0.3) is 11.9 Å². The van der Waals surface area contributed by atoms with Crippen LogP contribution < -0.4 is 10.1 Å². The van der Waals surface area contributed by atoms with Gasteiger partial charge in [-0.2, -0.15) is 5.21 Å². The number of ether oxygens (including phenoxy) is 1. The van der Waals surface area contributed by atoms with E-state index in [-0.39, 0.29) is 11.6 Å². The number of methoxy groups -OCH3 is 1. The minimum atomic E-state index is -0.446. The van der Waals surface area contributed by atoms with Gasteiger partial charge in [0, 0.05) is 17.7 Å². The third-order valence-corrected chi connectivity index (χ3v) is 3.19. The second kappa shape index (κ2) is 6.22. The smallest absolute Gasteiger partial charge is 0.276 e. The molecule has 0 saturated heterocycles. The summed E-state index contributed by atoms with van der Waals surface area (Å²) in [6.07, 6.45) is 0. The molecule has 8 nitrogen and oxygen atoms in total. The van der Waals surface area contributed by atoms with E-state index < -0.39 is 5.91 Å². The van der Waals surface area contributed by atoms with Crippen LogP contribution in [0.4, 0.5) is 5.95 Å². The normalized spacial score (nSPS) is 10.3. The molecule has 1 amide bonds. The Balaban J connectivity index is 1.95. The van der Waals surface area contributed by atoms with Crippen molar-refractivity contribution >= 4 is 11.9 Å². The molecule has 0 atom stereocenters.